The molecule has 1 heterocycles. The average molecular weight is 403 g/mol. The van der Waals surface area contributed by atoms with Crippen LogP contribution in [0.5, 0.6) is 11.5 Å². The molecule has 7 heteroatoms. The van der Waals surface area contributed by atoms with Crippen molar-refractivity contribution in [3.63, 3.8) is 0 Å². The molecule has 0 saturated carbocycles. The van der Waals surface area contributed by atoms with Crippen LogP contribution in [0.25, 0.3) is 0 Å². The number of benzene rings is 2. The molecular weight excluding hydrogens is 380 g/mol. The van der Waals surface area contributed by atoms with E-state index in [9.17, 15) is 9.59 Å². The van der Waals surface area contributed by atoms with Crippen molar-refractivity contribution in [1.29, 1.82) is 0 Å². The van der Waals surface area contributed by atoms with Gasteiger partial charge in [0, 0.05) is 36.8 Å². The minimum absolute atomic E-state index is 0.0315. The molecule has 1 aliphatic heterocycles. The van der Waals surface area contributed by atoms with Gasteiger partial charge in [-0.05, 0) is 49.4 Å². The Hall–Kier alpha value is -2.73. The molecule has 0 aromatic heterocycles. The smallest absolute Gasteiger partial charge is 0.260 e. The Kier molecular flexibility index (Phi) is 6.76. The molecule has 148 valence electrons. The van der Waals surface area contributed by atoms with Crippen molar-refractivity contribution in [3.8, 4) is 11.5 Å². The predicted molar refractivity (Wildman–Crippen MR) is 107 cm³/mol. The molecule has 1 saturated heterocycles. The van der Waals surface area contributed by atoms with Crippen LogP contribution >= 0.6 is 11.6 Å². The van der Waals surface area contributed by atoms with Crippen molar-refractivity contribution in [2.24, 2.45) is 0 Å². The molecule has 2 amide bonds. The Bertz CT molecular complexity index is 817. The van der Waals surface area contributed by atoms with Crippen LogP contribution in [0.3, 0.4) is 0 Å². The lowest BCUT2D eigenvalue weighted by molar-refractivity contribution is -0.134. The number of ether oxygens (including phenoxy) is 2. The van der Waals surface area contributed by atoms with Gasteiger partial charge in [-0.25, -0.2) is 0 Å². The van der Waals surface area contributed by atoms with Gasteiger partial charge in [0.15, 0.2) is 6.61 Å². The molecule has 3 rings (SSSR count). The predicted octanol–water partition coefficient (Wildman–Crippen LogP) is 3.10. The Balaban J connectivity index is 1.46. The molecule has 2 aromatic rings. The lowest BCUT2D eigenvalue weighted by Crippen LogP contribution is -2.51. The number of piperazine rings is 1. The standard InChI is InChI=1S/C21H23ClN2O4/c1-2-27-18-6-8-19(9-7-18)28-15-20(25)23-10-12-24(13-11-23)21(26)16-4-3-5-17(22)14-16/h3-9,14H,2,10-13,15H2,1H3. The number of hydrogen-bond acceptors (Lipinski definition) is 4. The number of nitrogens with zero attached hydrogens (tertiary/aromatic N) is 2. The quantitative estimate of drug-likeness (QED) is 0.745. The maximum Gasteiger partial charge on any atom is 0.260 e. The summed E-state index contributed by atoms with van der Waals surface area (Å²) in [5, 5.41) is 0.533. The van der Waals surface area contributed by atoms with E-state index >= 15 is 0 Å². The van der Waals surface area contributed by atoms with E-state index < -0.39 is 0 Å². The normalized spacial score (nSPS) is 13.9. The summed E-state index contributed by atoms with van der Waals surface area (Å²) in [5.41, 5.74) is 0.561. The Morgan fingerprint density at radius 1 is 0.929 bits per heavy atom. The fourth-order valence-electron chi connectivity index (χ4n) is 3.00. The average Bonchev–Trinajstić information content (AvgIpc) is 2.73. The molecule has 0 atom stereocenters. The summed E-state index contributed by atoms with van der Waals surface area (Å²) in [6.45, 7) is 4.43. The number of carbonyl (C=O) groups excluding carboxylic acids is 2. The molecule has 2 aromatic carbocycles. The molecule has 0 unspecified atom stereocenters. The minimum Gasteiger partial charge on any atom is -0.494 e. The summed E-state index contributed by atoms with van der Waals surface area (Å²) in [6, 6.07) is 14.1. The molecule has 0 radical (unpaired) electrons. The molecule has 0 bridgehead atoms. The van der Waals surface area contributed by atoms with Gasteiger partial charge in [0.25, 0.3) is 11.8 Å². The zero-order valence-electron chi connectivity index (χ0n) is 15.8. The number of hydrogen-bond donors (Lipinski definition) is 0. The summed E-state index contributed by atoms with van der Waals surface area (Å²) >= 11 is 5.96. The highest BCUT2D eigenvalue weighted by atomic mass is 35.5. The maximum atomic E-state index is 12.5. The highest BCUT2D eigenvalue weighted by Crippen LogP contribution is 2.18. The van der Waals surface area contributed by atoms with Crippen molar-refractivity contribution in [2.75, 3.05) is 39.4 Å². The summed E-state index contributed by atoms with van der Waals surface area (Å²) in [4.78, 5) is 28.4. The topological polar surface area (TPSA) is 59.1 Å². The van der Waals surface area contributed by atoms with Gasteiger partial charge in [-0.2, -0.15) is 0 Å². The summed E-state index contributed by atoms with van der Waals surface area (Å²) < 4.78 is 10.9. The molecule has 6 nitrogen and oxygen atoms in total. The van der Waals surface area contributed by atoms with Crippen LogP contribution in [-0.4, -0.2) is 61.0 Å². The molecule has 1 fully saturated rings. The Morgan fingerprint density at radius 2 is 1.54 bits per heavy atom. The fraction of sp³-hybridized carbons (Fsp3) is 0.333. The second-order valence-electron chi connectivity index (χ2n) is 6.38. The number of halogens is 1. The lowest BCUT2D eigenvalue weighted by atomic mass is 10.2. The van der Waals surface area contributed by atoms with Gasteiger partial charge in [0.1, 0.15) is 11.5 Å². The highest BCUT2D eigenvalue weighted by Gasteiger charge is 2.25. The van der Waals surface area contributed by atoms with Gasteiger partial charge in [-0.1, -0.05) is 17.7 Å². The second kappa shape index (κ2) is 9.46. The Labute approximate surface area is 169 Å². The second-order valence-corrected chi connectivity index (χ2v) is 6.81. The SMILES string of the molecule is CCOc1ccc(OCC(=O)N2CCN(C(=O)c3cccc(Cl)c3)CC2)cc1. The monoisotopic (exact) mass is 402 g/mol. The fourth-order valence-corrected chi connectivity index (χ4v) is 3.19. The molecule has 0 N–H and O–H groups in total. The third kappa shape index (κ3) is 5.16. The van der Waals surface area contributed by atoms with Crippen LogP contribution < -0.4 is 9.47 Å². The summed E-state index contributed by atoms with van der Waals surface area (Å²) in [5.74, 6) is 1.22. The van der Waals surface area contributed by atoms with E-state index in [-0.39, 0.29) is 18.4 Å². The first-order chi connectivity index (χ1) is 13.6. The zero-order valence-corrected chi connectivity index (χ0v) is 16.5. The van der Waals surface area contributed by atoms with E-state index in [1.54, 1.807) is 46.2 Å². The molecule has 0 spiro atoms. The van der Waals surface area contributed by atoms with Crippen LogP contribution in [0, 0.1) is 0 Å². The Morgan fingerprint density at radius 3 is 2.14 bits per heavy atom. The third-order valence-corrected chi connectivity index (χ3v) is 4.72. The van der Waals surface area contributed by atoms with Gasteiger partial charge >= 0.3 is 0 Å². The molecule has 0 aliphatic carbocycles. The van der Waals surface area contributed by atoms with Crippen molar-refractivity contribution < 1.29 is 19.1 Å². The van der Waals surface area contributed by atoms with Crippen LogP contribution in [0.15, 0.2) is 48.5 Å². The first-order valence-corrected chi connectivity index (χ1v) is 9.63. The van der Waals surface area contributed by atoms with E-state index in [2.05, 4.69) is 0 Å². The van der Waals surface area contributed by atoms with Crippen LogP contribution in [-0.2, 0) is 4.79 Å². The molecular formula is C21H23ClN2O4. The van der Waals surface area contributed by atoms with Crippen LogP contribution in [0.1, 0.15) is 17.3 Å². The number of amides is 2. The van der Waals surface area contributed by atoms with E-state index in [0.29, 0.717) is 49.1 Å². The van der Waals surface area contributed by atoms with Gasteiger partial charge in [-0.3, -0.25) is 9.59 Å². The molecule has 28 heavy (non-hydrogen) atoms. The van der Waals surface area contributed by atoms with Gasteiger partial charge in [0.05, 0.1) is 6.61 Å². The molecule has 1 aliphatic rings. The van der Waals surface area contributed by atoms with E-state index in [1.165, 1.54) is 0 Å². The van der Waals surface area contributed by atoms with Crippen LogP contribution in [0.2, 0.25) is 5.02 Å². The van der Waals surface area contributed by atoms with Crippen molar-refractivity contribution in [1.82, 2.24) is 9.80 Å². The number of rotatable bonds is 6. The van der Waals surface area contributed by atoms with E-state index in [4.69, 9.17) is 21.1 Å². The van der Waals surface area contributed by atoms with Crippen molar-refractivity contribution >= 4 is 23.4 Å². The van der Waals surface area contributed by atoms with Crippen LogP contribution in [0.4, 0.5) is 0 Å². The highest BCUT2D eigenvalue weighted by molar-refractivity contribution is 6.30. The first kappa shape index (κ1) is 20.0. The largest absolute Gasteiger partial charge is 0.494 e. The number of carbonyl (C=O) groups is 2. The first-order valence-electron chi connectivity index (χ1n) is 9.25. The zero-order chi connectivity index (χ0) is 19.9. The van der Waals surface area contributed by atoms with E-state index in [1.807, 2.05) is 19.1 Å². The third-order valence-electron chi connectivity index (χ3n) is 4.49. The minimum atomic E-state index is -0.0938. The summed E-state index contributed by atoms with van der Waals surface area (Å²) in [6.07, 6.45) is 0. The van der Waals surface area contributed by atoms with Gasteiger partial charge < -0.3 is 19.3 Å². The lowest BCUT2D eigenvalue weighted by Gasteiger charge is -2.34. The van der Waals surface area contributed by atoms with Gasteiger partial charge in [0.2, 0.25) is 0 Å². The van der Waals surface area contributed by atoms with Crippen molar-refractivity contribution in [2.45, 2.75) is 6.92 Å². The van der Waals surface area contributed by atoms with Gasteiger partial charge in [-0.15, -0.1) is 0 Å². The van der Waals surface area contributed by atoms with Crippen molar-refractivity contribution in [3.05, 3.63) is 59.1 Å². The van der Waals surface area contributed by atoms with E-state index in [0.717, 1.165) is 5.75 Å². The maximum absolute atomic E-state index is 12.5. The summed E-state index contributed by atoms with van der Waals surface area (Å²) in [7, 11) is 0.